The van der Waals surface area contributed by atoms with Crippen molar-refractivity contribution in [3.8, 4) is 0 Å². The maximum absolute atomic E-state index is 10.7. The number of imidazole rings is 2. The highest BCUT2D eigenvalue weighted by atomic mass is 79.9. The minimum atomic E-state index is -1.25. The lowest BCUT2D eigenvalue weighted by Crippen LogP contribution is -2.33. The van der Waals surface area contributed by atoms with Crippen LogP contribution in [0, 0.1) is 0 Å². The normalized spacial score (nSPS) is 31.1. The van der Waals surface area contributed by atoms with E-state index in [2.05, 4.69) is 45.8 Å². The van der Waals surface area contributed by atoms with Gasteiger partial charge in [0.15, 0.2) is 45.6 Å². The Bertz CT molecular complexity index is 1510. The zero-order valence-electron chi connectivity index (χ0n) is 19.8. The van der Waals surface area contributed by atoms with Crippen LogP contribution in [-0.4, -0.2) is 108 Å². The van der Waals surface area contributed by atoms with Crippen LogP contribution in [0.4, 0.5) is 11.6 Å². The number of anilines is 2. The minimum absolute atomic E-state index is 0.179. The van der Waals surface area contributed by atoms with Crippen molar-refractivity contribution in [3.63, 3.8) is 0 Å². The molecule has 0 bridgehead atoms. The first-order valence-corrected chi connectivity index (χ1v) is 14.9. The van der Waals surface area contributed by atoms with Crippen molar-refractivity contribution in [1.29, 1.82) is 0 Å². The summed E-state index contributed by atoms with van der Waals surface area (Å²) in [5, 5.41) is 42.6. The van der Waals surface area contributed by atoms with E-state index >= 15 is 0 Å². The molecular formula is C20H23BrN10O6S2. The van der Waals surface area contributed by atoms with Gasteiger partial charge in [0.25, 0.3) is 0 Å². The smallest absolute Gasteiger partial charge is 0.181 e. The molecule has 208 valence electrons. The summed E-state index contributed by atoms with van der Waals surface area (Å²) in [6.07, 6.45) is -4.05. The molecule has 2 aliphatic heterocycles. The Morgan fingerprint density at radius 2 is 1.33 bits per heavy atom. The first-order chi connectivity index (χ1) is 18.8. The molecule has 16 nitrogen and oxygen atoms in total. The van der Waals surface area contributed by atoms with Crippen LogP contribution in [0.15, 0.2) is 23.7 Å². The van der Waals surface area contributed by atoms with E-state index in [0.29, 0.717) is 38.6 Å². The van der Waals surface area contributed by atoms with Gasteiger partial charge in [0, 0.05) is 11.5 Å². The van der Waals surface area contributed by atoms with Gasteiger partial charge < -0.3 is 41.4 Å². The van der Waals surface area contributed by atoms with Gasteiger partial charge in [-0.15, -0.1) is 0 Å². The number of hydrogen-bond acceptors (Lipinski definition) is 16. The van der Waals surface area contributed by atoms with Crippen molar-refractivity contribution in [1.82, 2.24) is 39.0 Å². The second-order valence-electron chi connectivity index (χ2n) is 8.93. The third-order valence-corrected chi connectivity index (χ3v) is 9.57. The largest absolute Gasteiger partial charge is 0.387 e. The number of rotatable bonds is 7. The van der Waals surface area contributed by atoms with Crippen LogP contribution < -0.4 is 11.5 Å². The number of hydrogen-bond donors (Lipinski definition) is 6. The Morgan fingerprint density at radius 1 is 0.769 bits per heavy atom. The summed E-state index contributed by atoms with van der Waals surface area (Å²) in [7, 11) is 2.74. The number of nitrogens with two attached hydrogens (primary N) is 2. The molecule has 0 saturated carbocycles. The van der Waals surface area contributed by atoms with Crippen LogP contribution in [0.1, 0.15) is 12.5 Å². The van der Waals surface area contributed by atoms with Crippen molar-refractivity contribution >= 4 is 71.5 Å². The predicted molar refractivity (Wildman–Crippen MR) is 144 cm³/mol. The summed E-state index contributed by atoms with van der Waals surface area (Å²) in [6.45, 7) is 0. The van der Waals surface area contributed by atoms with Crippen LogP contribution in [-0.2, 0) is 9.47 Å². The first kappa shape index (κ1) is 26.8. The summed E-state index contributed by atoms with van der Waals surface area (Å²) in [6, 6.07) is 0. The van der Waals surface area contributed by atoms with Gasteiger partial charge in [-0.05, 0) is 15.9 Å². The van der Waals surface area contributed by atoms with Crippen molar-refractivity contribution < 1.29 is 29.9 Å². The average Bonchev–Trinajstić information content (AvgIpc) is 3.64. The number of ether oxygens (including phenoxy) is 2. The van der Waals surface area contributed by atoms with E-state index in [1.54, 1.807) is 0 Å². The molecule has 8 N–H and O–H groups in total. The lowest BCUT2D eigenvalue weighted by Gasteiger charge is -2.17. The van der Waals surface area contributed by atoms with Gasteiger partial charge in [0.2, 0.25) is 0 Å². The number of nitrogens with zero attached hydrogens (tertiary/aromatic N) is 8. The summed E-state index contributed by atoms with van der Waals surface area (Å²) in [4.78, 5) is 24.6. The number of aromatic nitrogens is 8. The van der Waals surface area contributed by atoms with Gasteiger partial charge in [-0.25, -0.2) is 29.9 Å². The molecular weight excluding hydrogens is 620 g/mol. The standard InChI is InChI=1S/C20H23BrN10O6S2/c21-20-29-9-15(23)25-4-27-17(9)31(20)19-13(35)11(33)7(37-19)2-39-38-1-6-10(32)12(34)18(36-6)30-5-28-8-14(22)24-3-26-16(8)30/h3-7,10-13,18-19,32-35H,1-2H2,(H2,22,24,26)(H2,23,25,27)/t6-,7-,10+,11+,12?,13?,18-,19-/m1/s1. The number of fused-ring (bicyclic) bond motifs is 2. The minimum Gasteiger partial charge on any atom is -0.387 e. The van der Waals surface area contributed by atoms with E-state index in [-0.39, 0.29) is 11.6 Å². The monoisotopic (exact) mass is 642 g/mol. The van der Waals surface area contributed by atoms with Gasteiger partial charge in [-0.2, -0.15) is 0 Å². The molecule has 6 rings (SSSR count). The molecule has 2 aliphatic rings. The molecule has 2 unspecified atom stereocenters. The zero-order valence-corrected chi connectivity index (χ0v) is 23.0. The van der Waals surface area contributed by atoms with Crippen LogP contribution in [0.2, 0.25) is 0 Å². The highest BCUT2D eigenvalue weighted by Gasteiger charge is 2.46. The lowest BCUT2D eigenvalue weighted by atomic mass is 10.1. The van der Waals surface area contributed by atoms with Crippen molar-refractivity contribution in [2.75, 3.05) is 23.0 Å². The fourth-order valence-corrected chi connectivity index (χ4v) is 7.53. The summed E-state index contributed by atoms with van der Waals surface area (Å²) in [5.74, 6) is 1.02. The fraction of sp³-hybridized carbons (Fsp3) is 0.500. The fourth-order valence-electron chi connectivity index (χ4n) is 4.59. The molecule has 4 aromatic rings. The molecule has 6 heterocycles. The first-order valence-electron chi connectivity index (χ1n) is 11.6. The van der Waals surface area contributed by atoms with E-state index < -0.39 is 49.1 Å². The summed E-state index contributed by atoms with van der Waals surface area (Å²) < 4.78 is 15.3. The van der Waals surface area contributed by atoms with Gasteiger partial charge in [-0.1, -0.05) is 21.6 Å². The van der Waals surface area contributed by atoms with Crippen molar-refractivity contribution in [2.24, 2.45) is 0 Å². The summed E-state index contributed by atoms with van der Waals surface area (Å²) in [5.41, 5.74) is 13.2. The van der Waals surface area contributed by atoms with Crippen LogP contribution in [0.25, 0.3) is 22.3 Å². The molecule has 0 radical (unpaired) electrons. The highest BCUT2D eigenvalue weighted by Crippen LogP contribution is 2.39. The maximum atomic E-state index is 10.7. The van der Waals surface area contributed by atoms with Gasteiger partial charge >= 0.3 is 0 Å². The molecule has 0 spiro atoms. The molecule has 39 heavy (non-hydrogen) atoms. The Kier molecular flexibility index (Phi) is 7.27. The molecule has 2 fully saturated rings. The quantitative estimate of drug-likeness (QED) is 0.0822. The molecule has 0 aromatic carbocycles. The third kappa shape index (κ3) is 4.60. The van der Waals surface area contributed by atoms with Crippen LogP contribution >= 0.6 is 37.5 Å². The number of aliphatic hydroxyl groups is 4. The second kappa shape index (κ2) is 10.6. The Hall–Kier alpha value is -2.36. The van der Waals surface area contributed by atoms with E-state index in [1.807, 2.05) is 0 Å². The van der Waals surface area contributed by atoms with E-state index in [4.69, 9.17) is 20.9 Å². The second-order valence-corrected chi connectivity index (χ2v) is 12.2. The van der Waals surface area contributed by atoms with Crippen molar-refractivity contribution in [3.05, 3.63) is 23.7 Å². The number of nitrogen functional groups attached to an aromatic ring is 2. The zero-order chi connectivity index (χ0) is 27.4. The Labute approximate surface area is 235 Å². The van der Waals surface area contributed by atoms with Gasteiger partial charge in [0.1, 0.15) is 42.6 Å². The third-order valence-electron chi connectivity index (χ3n) is 6.60. The Morgan fingerprint density at radius 3 is 2.00 bits per heavy atom. The highest BCUT2D eigenvalue weighted by molar-refractivity contribution is 9.10. The topological polar surface area (TPSA) is 239 Å². The summed E-state index contributed by atoms with van der Waals surface area (Å²) >= 11 is 3.34. The van der Waals surface area contributed by atoms with Gasteiger partial charge in [0.05, 0.1) is 18.5 Å². The lowest BCUT2D eigenvalue weighted by molar-refractivity contribution is -0.0302. The van der Waals surface area contributed by atoms with Crippen LogP contribution in [0.3, 0.4) is 0 Å². The number of halogens is 1. The SMILES string of the molecule is Nc1ncnc2c1ncn2[C@@H]1O[C@H](CSSC[C@H]2O[C@@H](n3c(Br)nc4c(N)ncnc43)C(O)[C@H]2O)[C@H](O)C1O. The maximum Gasteiger partial charge on any atom is 0.181 e. The van der Waals surface area contributed by atoms with E-state index in [1.165, 1.54) is 49.7 Å². The van der Waals surface area contributed by atoms with Gasteiger partial charge in [-0.3, -0.25) is 9.13 Å². The van der Waals surface area contributed by atoms with E-state index in [0.717, 1.165) is 0 Å². The van der Waals surface area contributed by atoms with Crippen molar-refractivity contribution in [2.45, 2.75) is 49.1 Å². The molecule has 2 saturated heterocycles. The molecule has 8 atom stereocenters. The Balaban J connectivity index is 1.07. The van der Waals surface area contributed by atoms with E-state index in [9.17, 15) is 20.4 Å². The average molecular weight is 644 g/mol. The predicted octanol–water partition coefficient (Wildman–Crippen LogP) is -0.787. The number of aliphatic hydroxyl groups excluding tert-OH is 4. The molecule has 0 aliphatic carbocycles. The molecule has 0 amide bonds. The van der Waals surface area contributed by atoms with Crippen LogP contribution in [0.5, 0.6) is 0 Å². The molecule has 4 aromatic heterocycles. The molecule has 19 heteroatoms.